The van der Waals surface area contributed by atoms with E-state index >= 15 is 0 Å². The molecule has 0 saturated carbocycles. The number of nitrogens with two attached hydrogens (primary N) is 1. The summed E-state index contributed by atoms with van der Waals surface area (Å²) < 4.78 is 0. The number of hydrogen-bond acceptors (Lipinski definition) is 3. The number of fused-ring (bicyclic) bond motifs is 1. The van der Waals surface area contributed by atoms with E-state index in [0.29, 0.717) is 24.1 Å². The topological polar surface area (TPSA) is 101 Å². The lowest BCUT2D eigenvalue weighted by molar-refractivity contribution is -0.116. The monoisotopic (exact) mass is 309 g/mol. The SMILES string of the molecule is NC(=O)c1ccccc1NC(=O)c1ccc2c(c1)CCC(=O)N2. The highest BCUT2D eigenvalue weighted by molar-refractivity contribution is 6.09. The highest BCUT2D eigenvalue weighted by Gasteiger charge is 2.17. The molecule has 0 saturated heterocycles. The molecule has 6 nitrogen and oxygen atoms in total. The first-order valence-electron chi connectivity index (χ1n) is 7.17. The third kappa shape index (κ3) is 3.06. The molecule has 3 rings (SSSR count). The Morgan fingerprint density at radius 1 is 1.09 bits per heavy atom. The maximum atomic E-state index is 12.4. The number of amides is 3. The van der Waals surface area contributed by atoms with Crippen LogP contribution < -0.4 is 16.4 Å². The van der Waals surface area contributed by atoms with Crippen molar-refractivity contribution in [1.29, 1.82) is 0 Å². The van der Waals surface area contributed by atoms with Gasteiger partial charge in [-0.25, -0.2) is 0 Å². The maximum absolute atomic E-state index is 12.4. The van der Waals surface area contributed by atoms with Gasteiger partial charge in [0.25, 0.3) is 11.8 Å². The van der Waals surface area contributed by atoms with Gasteiger partial charge in [0.1, 0.15) is 0 Å². The molecule has 3 amide bonds. The van der Waals surface area contributed by atoms with Gasteiger partial charge in [0.05, 0.1) is 11.3 Å². The Morgan fingerprint density at radius 3 is 2.65 bits per heavy atom. The lowest BCUT2D eigenvalue weighted by Crippen LogP contribution is -2.21. The van der Waals surface area contributed by atoms with E-state index in [1.165, 1.54) is 0 Å². The van der Waals surface area contributed by atoms with Crippen LogP contribution in [0.1, 0.15) is 32.7 Å². The molecule has 0 bridgehead atoms. The van der Waals surface area contributed by atoms with Gasteiger partial charge in [-0.2, -0.15) is 0 Å². The van der Waals surface area contributed by atoms with Crippen LogP contribution in [0, 0.1) is 0 Å². The Morgan fingerprint density at radius 2 is 1.87 bits per heavy atom. The van der Waals surface area contributed by atoms with Crippen molar-refractivity contribution in [3.05, 3.63) is 59.2 Å². The first-order chi connectivity index (χ1) is 11.0. The van der Waals surface area contributed by atoms with E-state index < -0.39 is 5.91 Å². The zero-order chi connectivity index (χ0) is 16.4. The van der Waals surface area contributed by atoms with Gasteiger partial charge in [0.15, 0.2) is 0 Å². The Kier molecular flexibility index (Phi) is 3.80. The van der Waals surface area contributed by atoms with Gasteiger partial charge < -0.3 is 16.4 Å². The lowest BCUT2D eigenvalue weighted by Gasteiger charge is -2.17. The number of nitrogens with one attached hydrogen (secondary N) is 2. The van der Waals surface area contributed by atoms with Gasteiger partial charge in [-0.3, -0.25) is 14.4 Å². The summed E-state index contributed by atoms with van der Waals surface area (Å²) in [6, 6.07) is 11.7. The number of para-hydroxylation sites is 1. The van der Waals surface area contributed by atoms with Crippen LogP contribution in [0.25, 0.3) is 0 Å². The average Bonchev–Trinajstić information content (AvgIpc) is 2.54. The van der Waals surface area contributed by atoms with E-state index in [9.17, 15) is 14.4 Å². The molecule has 116 valence electrons. The predicted octanol–water partition coefficient (Wildman–Crippen LogP) is 1.92. The minimum Gasteiger partial charge on any atom is -0.366 e. The molecule has 6 heteroatoms. The van der Waals surface area contributed by atoms with E-state index in [-0.39, 0.29) is 17.4 Å². The van der Waals surface area contributed by atoms with E-state index in [1.54, 1.807) is 42.5 Å². The molecule has 0 atom stereocenters. The number of anilines is 2. The summed E-state index contributed by atoms with van der Waals surface area (Å²) in [4.78, 5) is 35.1. The van der Waals surface area contributed by atoms with E-state index in [2.05, 4.69) is 10.6 Å². The fraction of sp³-hybridized carbons (Fsp3) is 0.118. The highest BCUT2D eigenvalue weighted by Crippen LogP contribution is 2.24. The minimum absolute atomic E-state index is 0.0231. The van der Waals surface area contributed by atoms with Crippen LogP contribution in [0.15, 0.2) is 42.5 Å². The first kappa shape index (κ1) is 14.8. The van der Waals surface area contributed by atoms with E-state index in [4.69, 9.17) is 5.73 Å². The number of rotatable bonds is 3. The second-order valence-corrected chi connectivity index (χ2v) is 5.28. The van der Waals surface area contributed by atoms with Gasteiger partial charge in [0.2, 0.25) is 5.91 Å². The largest absolute Gasteiger partial charge is 0.366 e. The third-order valence-electron chi connectivity index (χ3n) is 3.70. The molecule has 0 fully saturated rings. The summed E-state index contributed by atoms with van der Waals surface area (Å²) in [5, 5.41) is 5.46. The summed E-state index contributed by atoms with van der Waals surface area (Å²) in [7, 11) is 0. The predicted molar refractivity (Wildman–Crippen MR) is 86.3 cm³/mol. The van der Waals surface area contributed by atoms with Crippen molar-refractivity contribution in [3.63, 3.8) is 0 Å². The van der Waals surface area contributed by atoms with Crippen molar-refractivity contribution >= 4 is 29.1 Å². The molecule has 1 aliphatic heterocycles. The fourth-order valence-corrected chi connectivity index (χ4v) is 2.53. The molecular weight excluding hydrogens is 294 g/mol. The normalized spacial score (nSPS) is 13.0. The smallest absolute Gasteiger partial charge is 0.255 e. The lowest BCUT2D eigenvalue weighted by atomic mass is 10.00. The van der Waals surface area contributed by atoms with Crippen LogP contribution in [0.3, 0.4) is 0 Å². The molecule has 0 aromatic heterocycles. The summed E-state index contributed by atoms with van der Waals surface area (Å²) in [6.07, 6.45) is 1.00. The number of benzene rings is 2. The quantitative estimate of drug-likeness (QED) is 0.807. The first-order valence-corrected chi connectivity index (χ1v) is 7.17. The summed E-state index contributed by atoms with van der Waals surface area (Å²) in [5.41, 5.74) is 8.04. The van der Waals surface area contributed by atoms with Gasteiger partial charge in [-0.05, 0) is 42.3 Å². The van der Waals surface area contributed by atoms with Crippen molar-refractivity contribution in [3.8, 4) is 0 Å². The molecule has 0 radical (unpaired) electrons. The van der Waals surface area contributed by atoms with Crippen molar-refractivity contribution < 1.29 is 14.4 Å². The standard InChI is InChI=1S/C17H15N3O3/c18-16(22)12-3-1-2-4-14(12)20-17(23)11-5-7-13-10(9-11)6-8-15(21)19-13/h1-5,7,9H,6,8H2,(H2,18,22)(H,19,21)(H,20,23). The van der Waals surface area contributed by atoms with E-state index in [0.717, 1.165) is 11.3 Å². The summed E-state index contributed by atoms with van der Waals surface area (Å²) in [6.45, 7) is 0. The molecule has 2 aromatic carbocycles. The van der Waals surface area contributed by atoms with Crippen LogP contribution in [0.5, 0.6) is 0 Å². The second-order valence-electron chi connectivity index (χ2n) is 5.28. The van der Waals surface area contributed by atoms with Crippen molar-refractivity contribution in [2.45, 2.75) is 12.8 Å². The van der Waals surface area contributed by atoms with E-state index in [1.807, 2.05) is 0 Å². The molecule has 1 heterocycles. The molecule has 4 N–H and O–H groups in total. The Labute approximate surface area is 132 Å². The number of hydrogen-bond donors (Lipinski definition) is 3. The number of primary amides is 1. The molecule has 1 aliphatic rings. The molecule has 23 heavy (non-hydrogen) atoms. The Hall–Kier alpha value is -3.15. The second kappa shape index (κ2) is 5.92. The van der Waals surface area contributed by atoms with Crippen molar-refractivity contribution in [2.24, 2.45) is 5.73 Å². The zero-order valence-corrected chi connectivity index (χ0v) is 12.3. The van der Waals surface area contributed by atoms with Crippen LogP contribution in [-0.2, 0) is 11.2 Å². The molecule has 0 spiro atoms. The molecule has 2 aromatic rings. The van der Waals surface area contributed by atoms with Gasteiger partial charge in [-0.1, -0.05) is 12.1 Å². The molecular formula is C17H15N3O3. The van der Waals surface area contributed by atoms with Crippen molar-refractivity contribution in [2.75, 3.05) is 10.6 Å². The van der Waals surface area contributed by atoms with Crippen LogP contribution >= 0.6 is 0 Å². The van der Waals surface area contributed by atoms with Gasteiger partial charge in [0, 0.05) is 17.7 Å². The molecule has 0 aliphatic carbocycles. The third-order valence-corrected chi connectivity index (χ3v) is 3.70. The zero-order valence-electron chi connectivity index (χ0n) is 12.3. The number of aryl methyl sites for hydroxylation is 1. The van der Waals surface area contributed by atoms with Gasteiger partial charge >= 0.3 is 0 Å². The van der Waals surface area contributed by atoms with Crippen molar-refractivity contribution in [1.82, 2.24) is 0 Å². The number of carbonyl (C=O) groups excluding carboxylic acids is 3. The minimum atomic E-state index is -0.603. The van der Waals surface area contributed by atoms with Crippen LogP contribution in [-0.4, -0.2) is 17.7 Å². The summed E-state index contributed by atoms with van der Waals surface area (Å²) in [5.74, 6) is -0.961. The molecule has 0 unspecified atom stereocenters. The van der Waals surface area contributed by atoms with Crippen LogP contribution in [0.4, 0.5) is 11.4 Å². The Balaban J connectivity index is 1.85. The van der Waals surface area contributed by atoms with Crippen LogP contribution in [0.2, 0.25) is 0 Å². The average molecular weight is 309 g/mol. The fourth-order valence-electron chi connectivity index (χ4n) is 2.53. The highest BCUT2D eigenvalue weighted by atomic mass is 16.2. The number of carbonyl (C=O) groups is 3. The van der Waals surface area contributed by atoms with Gasteiger partial charge in [-0.15, -0.1) is 0 Å². The summed E-state index contributed by atoms with van der Waals surface area (Å²) >= 11 is 0. The maximum Gasteiger partial charge on any atom is 0.255 e. The Bertz CT molecular complexity index is 814.